The average Bonchev–Trinajstić information content (AvgIpc) is 3.64. The Morgan fingerprint density at radius 1 is 1.05 bits per heavy atom. The quantitative estimate of drug-likeness (QED) is 0.231. The number of alkyl halides is 3. The van der Waals surface area contributed by atoms with Crippen molar-refractivity contribution in [1.29, 1.82) is 0 Å². The van der Waals surface area contributed by atoms with Crippen molar-refractivity contribution in [2.75, 3.05) is 11.1 Å². The van der Waals surface area contributed by atoms with Crippen LogP contribution >= 0.6 is 23.1 Å². The summed E-state index contributed by atoms with van der Waals surface area (Å²) in [5.41, 5.74) is 0.638. The molecule has 5 aromatic rings. The summed E-state index contributed by atoms with van der Waals surface area (Å²) in [5.74, 6) is 0.806. The van der Waals surface area contributed by atoms with Gasteiger partial charge in [0.2, 0.25) is 11.7 Å². The van der Waals surface area contributed by atoms with E-state index in [1.54, 1.807) is 30.7 Å². The Kier molecular flexibility index (Phi) is 7.10. The van der Waals surface area contributed by atoms with E-state index in [0.29, 0.717) is 27.4 Å². The minimum Gasteiger partial charge on any atom is -0.461 e. The molecular formula is C25H18F3N5O2S2. The van der Waals surface area contributed by atoms with Crippen molar-refractivity contribution >= 4 is 34.1 Å². The summed E-state index contributed by atoms with van der Waals surface area (Å²) >= 11 is 2.42. The molecule has 7 nitrogen and oxygen atoms in total. The molecule has 1 amide bonds. The molecule has 1 N–H and O–H groups in total. The molecule has 3 heterocycles. The van der Waals surface area contributed by atoms with Gasteiger partial charge < -0.3 is 9.73 Å². The predicted molar refractivity (Wildman–Crippen MR) is 135 cm³/mol. The van der Waals surface area contributed by atoms with Crippen LogP contribution in [-0.2, 0) is 17.4 Å². The highest BCUT2D eigenvalue weighted by Gasteiger charge is 2.30. The minimum atomic E-state index is -4.40. The maximum atomic E-state index is 13.0. The van der Waals surface area contributed by atoms with Gasteiger partial charge in [0, 0.05) is 23.2 Å². The normalized spacial score (nSPS) is 11.5. The summed E-state index contributed by atoms with van der Waals surface area (Å²) in [6, 6.07) is 18.2. The Morgan fingerprint density at radius 2 is 1.89 bits per heavy atom. The Hall–Kier alpha value is -3.90. The van der Waals surface area contributed by atoms with E-state index in [0.717, 1.165) is 22.7 Å². The van der Waals surface area contributed by atoms with Gasteiger partial charge in [-0.2, -0.15) is 13.2 Å². The second kappa shape index (κ2) is 10.6. The summed E-state index contributed by atoms with van der Waals surface area (Å²) < 4.78 is 46.2. The number of thiazole rings is 1. The summed E-state index contributed by atoms with van der Waals surface area (Å²) in [6.07, 6.45) is -1.02. The molecule has 0 saturated carbocycles. The van der Waals surface area contributed by atoms with Crippen molar-refractivity contribution in [1.82, 2.24) is 19.7 Å². The van der Waals surface area contributed by atoms with Crippen LogP contribution in [0.5, 0.6) is 0 Å². The number of benzene rings is 2. The van der Waals surface area contributed by atoms with Crippen molar-refractivity contribution in [2.45, 2.75) is 17.8 Å². The van der Waals surface area contributed by atoms with Crippen LogP contribution in [0.1, 0.15) is 16.0 Å². The molecule has 0 atom stereocenters. The summed E-state index contributed by atoms with van der Waals surface area (Å²) in [6.45, 7) is 0. The predicted octanol–water partition coefficient (Wildman–Crippen LogP) is 6.32. The average molecular weight is 542 g/mol. The Labute approximate surface area is 217 Å². The molecule has 0 fully saturated rings. The van der Waals surface area contributed by atoms with Crippen LogP contribution in [0.25, 0.3) is 17.3 Å². The lowest BCUT2D eigenvalue weighted by atomic mass is 10.1. The SMILES string of the molecule is O=C(CSc1nnc(-c2ccco2)n1-c1ccccc1)Nc1ncc(Cc2cccc(C(F)(F)F)c2)s1. The van der Waals surface area contributed by atoms with Crippen molar-refractivity contribution < 1.29 is 22.4 Å². The Morgan fingerprint density at radius 3 is 2.65 bits per heavy atom. The Bertz CT molecular complexity index is 1500. The van der Waals surface area contributed by atoms with Crippen LogP contribution in [0.4, 0.5) is 18.3 Å². The first-order valence-corrected chi connectivity index (χ1v) is 12.8. The van der Waals surface area contributed by atoms with Crippen molar-refractivity contribution in [2.24, 2.45) is 0 Å². The highest BCUT2D eigenvalue weighted by Crippen LogP contribution is 2.31. The van der Waals surface area contributed by atoms with E-state index in [-0.39, 0.29) is 18.1 Å². The maximum absolute atomic E-state index is 13.0. The monoisotopic (exact) mass is 541 g/mol. The number of anilines is 1. The summed E-state index contributed by atoms with van der Waals surface area (Å²) in [7, 11) is 0. The van der Waals surface area contributed by atoms with Gasteiger partial charge in [-0.15, -0.1) is 21.5 Å². The third-order valence-corrected chi connectivity index (χ3v) is 7.00. The number of aromatic nitrogens is 4. The van der Waals surface area contributed by atoms with E-state index >= 15 is 0 Å². The molecule has 0 radical (unpaired) electrons. The first kappa shape index (κ1) is 24.8. The molecule has 0 aliphatic carbocycles. The molecule has 2 aromatic carbocycles. The lowest BCUT2D eigenvalue weighted by molar-refractivity contribution is -0.137. The van der Waals surface area contributed by atoms with Gasteiger partial charge in [-0.05, 0) is 35.9 Å². The number of carbonyl (C=O) groups excluding carboxylic acids is 1. The number of nitrogens with one attached hydrogen (secondary N) is 1. The zero-order valence-corrected chi connectivity index (χ0v) is 20.6. The van der Waals surface area contributed by atoms with Crippen LogP contribution in [-0.4, -0.2) is 31.4 Å². The van der Waals surface area contributed by atoms with Crippen molar-refractivity contribution in [3.8, 4) is 17.3 Å². The molecule has 0 spiro atoms. The van der Waals surface area contributed by atoms with Crippen LogP contribution in [0.3, 0.4) is 0 Å². The molecule has 0 aliphatic heterocycles. The third-order valence-electron chi connectivity index (χ3n) is 5.15. The van der Waals surface area contributed by atoms with Crippen molar-refractivity contribution in [3.05, 3.63) is 95.2 Å². The summed E-state index contributed by atoms with van der Waals surface area (Å²) in [5, 5.41) is 12.1. The first-order valence-electron chi connectivity index (χ1n) is 10.9. The maximum Gasteiger partial charge on any atom is 0.416 e. The number of furan rings is 1. The van der Waals surface area contributed by atoms with Crippen LogP contribution in [0.15, 0.2) is 88.8 Å². The van der Waals surface area contributed by atoms with Gasteiger partial charge in [0.15, 0.2) is 16.0 Å². The fourth-order valence-corrected chi connectivity index (χ4v) is 5.14. The standard InChI is InChI=1S/C25H18F3N5O2S2/c26-25(27,28)17-7-4-6-16(12-17)13-19-14-29-23(37-19)30-21(34)15-36-24-32-31-22(20-10-5-11-35-20)33(24)18-8-2-1-3-9-18/h1-12,14H,13,15H2,(H,29,30,34). The molecule has 3 aromatic heterocycles. The number of hydrogen-bond donors (Lipinski definition) is 1. The number of rotatable bonds is 8. The van der Waals surface area contributed by atoms with E-state index in [1.165, 1.54) is 29.2 Å². The minimum absolute atomic E-state index is 0.0473. The van der Waals surface area contributed by atoms with Gasteiger partial charge >= 0.3 is 6.18 Å². The molecule has 12 heteroatoms. The highest BCUT2D eigenvalue weighted by atomic mass is 32.2. The molecule has 0 bridgehead atoms. The lowest BCUT2D eigenvalue weighted by Gasteiger charge is -2.09. The summed E-state index contributed by atoms with van der Waals surface area (Å²) in [4.78, 5) is 17.5. The van der Waals surface area contributed by atoms with E-state index in [4.69, 9.17) is 4.42 Å². The van der Waals surface area contributed by atoms with E-state index in [9.17, 15) is 18.0 Å². The van der Waals surface area contributed by atoms with Gasteiger partial charge in [0.05, 0.1) is 17.6 Å². The first-order chi connectivity index (χ1) is 17.9. The number of nitrogens with zero attached hydrogens (tertiary/aromatic N) is 4. The van der Waals surface area contributed by atoms with E-state index < -0.39 is 11.7 Å². The van der Waals surface area contributed by atoms with E-state index in [1.807, 2.05) is 34.9 Å². The van der Waals surface area contributed by atoms with Crippen molar-refractivity contribution in [3.63, 3.8) is 0 Å². The fourth-order valence-electron chi connectivity index (χ4n) is 3.53. The fraction of sp³-hybridized carbons (Fsp3) is 0.120. The van der Waals surface area contributed by atoms with Gasteiger partial charge in [-0.3, -0.25) is 9.36 Å². The lowest BCUT2D eigenvalue weighted by Crippen LogP contribution is -2.14. The number of thioether (sulfide) groups is 1. The molecular weight excluding hydrogens is 523 g/mol. The zero-order chi connectivity index (χ0) is 25.8. The second-order valence-electron chi connectivity index (χ2n) is 7.80. The molecule has 5 rings (SSSR count). The third kappa shape index (κ3) is 5.92. The number of halogens is 3. The van der Waals surface area contributed by atoms with E-state index in [2.05, 4.69) is 20.5 Å². The van der Waals surface area contributed by atoms with Crippen LogP contribution < -0.4 is 5.32 Å². The number of amides is 1. The molecule has 37 heavy (non-hydrogen) atoms. The molecule has 0 unspecified atom stereocenters. The Balaban J connectivity index is 1.24. The number of hydrogen-bond acceptors (Lipinski definition) is 7. The van der Waals surface area contributed by atoms with Crippen LogP contribution in [0.2, 0.25) is 0 Å². The van der Waals surface area contributed by atoms with Gasteiger partial charge in [0.25, 0.3) is 0 Å². The number of para-hydroxylation sites is 1. The van der Waals surface area contributed by atoms with Gasteiger partial charge in [0.1, 0.15) is 0 Å². The topological polar surface area (TPSA) is 85.8 Å². The molecule has 0 aliphatic rings. The highest BCUT2D eigenvalue weighted by molar-refractivity contribution is 7.99. The smallest absolute Gasteiger partial charge is 0.416 e. The van der Waals surface area contributed by atoms with Gasteiger partial charge in [-0.25, -0.2) is 4.98 Å². The number of carbonyl (C=O) groups is 1. The zero-order valence-electron chi connectivity index (χ0n) is 19.0. The second-order valence-corrected chi connectivity index (χ2v) is 9.86. The molecule has 188 valence electrons. The largest absolute Gasteiger partial charge is 0.461 e. The van der Waals surface area contributed by atoms with Gasteiger partial charge in [-0.1, -0.05) is 48.2 Å². The molecule has 0 saturated heterocycles. The van der Waals surface area contributed by atoms with Crippen LogP contribution in [0, 0.1) is 0 Å².